The van der Waals surface area contributed by atoms with Gasteiger partial charge < -0.3 is 68.6 Å². The molecule has 1 aliphatic carbocycles. The van der Waals surface area contributed by atoms with E-state index in [1.807, 2.05) is 148 Å². The normalized spacial score (nSPS) is 21.6. The van der Waals surface area contributed by atoms with E-state index in [-0.39, 0.29) is 40.7 Å². The third-order valence-electron chi connectivity index (χ3n) is 26.8. The molecule has 1 saturated carbocycles. The predicted molar refractivity (Wildman–Crippen MR) is 578 cm³/mol. The number of amides is 7. The number of aryl methyl sites for hydroxylation is 1. The monoisotopic (exact) mass is 1960 g/mol. The van der Waals surface area contributed by atoms with Crippen molar-refractivity contribution in [3.63, 3.8) is 0 Å². The van der Waals surface area contributed by atoms with Crippen LogP contribution in [0.5, 0.6) is 17.2 Å². The molecule has 9 fully saturated rings. The first-order valence-corrected chi connectivity index (χ1v) is 55.1. The number of ether oxygens (including phenoxy) is 5. The van der Waals surface area contributed by atoms with Crippen LogP contribution in [0.3, 0.4) is 0 Å². The summed E-state index contributed by atoms with van der Waals surface area (Å²) in [5, 5.41) is 6.73. The molecule has 22 nitrogen and oxygen atoms in total. The molecule has 8 aliphatic heterocycles. The fourth-order valence-electron chi connectivity index (χ4n) is 21.2. The Labute approximate surface area is 850 Å². The average molecular weight is 1970 g/mol. The molecule has 2 unspecified atom stereocenters. The van der Waals surface area contributed by atoms with Crippen molar-refractivity contribution in [2.24, 2.45) is 90.7 Å². The van der Waals surface area contributed by atoms with Gasteiger partial charge in [-0.1, -0.05) is 209 Å². The van der Waals surface area contributed by atoms with Crippen LogP contribution in [-0.4, -0.2) is 234 Å². The van der Waals surface area contributed by atoms with Gasteiger partial charge >= 0.3 is 24.2 Å². The highest BCUT2D eigenvalue weighted by Gasteiger charge is 2.42. The number of carbonyl (C=O) groups is 5. The lowest BCUT2D eigenvalue weighted by Crippen LogP contribution is -2.40. The summed E-state index contributed by atoms with van der Waals surface area (Å²) in [5.41, 5.74) is 5.71. The predicted octanol–water partition coefficient (Wildman–Crippen LogP) is 26.0. The van der Waals surface area contributed by atoms with Crippen molar-refractivity contribution in [2.75, 3.05) is 140 Å². The first-order chi connectivity index (χ1) is 64.0. The molecule has 8 heterocycles. The molecule has 2 N–H and O–H groups in total. The van der Waals surface area contributed by atoms with Gasteiger partial charge in [-0.2, -0.15) is 0 Å². The number of hydrogen-bond donors (Lipinski definition) is 2. The van der Waals surface area contributed by atoms with Gasteiger partial charge in [-0.3, -0.25) is 4.79 Å². The molecule has 8 saturated heterocycles. The minimum atomic E-state index is -2.96. The number of hydrogen-bond acceptors (Lipinski definition) is 14. The zero-order chi connectivity index (χ0) is 105. The van der Waals surface area contributed by atoms with E-state index in [1.54, 1.807) is 35.4 Å². The van der Waals surface area contributed by atoms with Gasteiger partial charge in [-0.15, -0.1) is 0 Å². The zero-order valence-corrected chi connectivity index (χ0v) is 95.9. The largest absolute Gasteiger partial charge is 0.497 e. The van der Waals surface area contributed by atoms with Gasteiger partial charge in [0.2, 0.25) is 15.9 Å². The van der Waals surface area contributed by atoms with Gasteiger partial charge in [-0.25, -0.2) is 31.9 Å². The highest BCUT2D eigenvalue weighted by Crippen LogP contribution is 2.40. The highest BCUT2D eigenvalue weighted by atomic mass is 32.2. The fraction of sp³-hybridized carbons (Fsp3) is 0.802. The lowest BCUT2D eigenvalue weighted by atomic mass is 9.84. The molecule has 0 radical (unpaired) electrons. The van der Waals surface area contributed by atoms with E-state index >= 15 is 0 Å². The smallest absolute Gasteiger partial charge is 0.410 e. The lowest BCUT2D eigenvalue weighted by Gasteiger charge is -2.30. The Kier molecular flexibility index (Phi) is 48.7. The second-order valence-corrected chi connectivity index (χ2v) is 56.3. The molecule has 8 atom stereocenters. The van der Waals surface area contributed by atoms with Gasteiger partial charge in [0.25, 0.3) is 0 Å². The molecule has 7 amide bonds. The molecule has 9 aliphatic rings. The van der Waals surface area contributed by atoms with E-state index in [9.17, 15) is 32.4 Å². The number of carbonyl (C=O) groups excluding carboxylic acids is 5. The maximum Gasteiger partial charge on any atom is 0.410 e. The summed E-state index contributed by atoms with van der Waals surface area (Å²) in [5.74, 6) is 8.48. The third kappa shape index (κ3) is 51.7. The number of benzene rings is 3. The quantitative estimate of drug-likeness (QED) is 0.108. The van der Waals surface area contributed by atoms with Crippen LogP contribution in [-0.2, 0) is 43.8 Å². The van der Waals surface area contributed by atoms with E-state index < -0.39 is 10.0 Å². The Bertz CT molecular complexity index is 3990. The summed E-state index contributed by atoms with van der Waals surface area (Å²) < 4.78 is 52.5. The molecule has 0 bridgehead atoms. The molecule has 798 valence electrons. The Hall–Kier alpha value is -6.56. The van der Waals surface area contributed by atoms with Crippen LogP contribution in [0.15, 0.2) is 72.8 Å². The summed E-state index contributed by atoms with van der Waals surface area (Å²) in [7, 11) is 5.78. The highest BCUT2D eigenvalue weighted by molar-refractivity contribution is 7.89. The lowest BCUT2D eigenvalue weighted by molar-refractivity contribution is -0.130. The van der Waals surface area contributed by atoms with E-state index in [0.717, 1.165) is 189 Å². The van der Waals surface area contributed by atoms with Crippen LogP contribution in [0.4, 0.5) is 19.2 Å². The number of nitrogens with one attached hydrogen (secondary N) is 2. The minimum Gasteiger partial charge on any atom is -0.497 e. The molecule has 139 heavy (non-hydrogen) atoms. The van der Waals surface area contributed by atoms with Crippen molar-refractivity contribution in [1.29, 1.82) is 0 Å². The summed E-state index contributed by atoms with van der Waals surface area (Å²) >= 11 is 0. The van der Waals surface area contributed by atoms with Crippen molar-refractivity contribution in [3.8, 4) is 17.2 Å². The zero-order valence-electron chi connectivity index (χ0n) is 95.1. The average Bonchev–Trinajstić information content (AvgIpc) is 1.80. The standard InChI is InChI=1S/2C19H30N2O2.C19H29NO2.2C14H27NO2.C13H25NO2S.2C9H19N/c2*1-19(2,3)12-16-10-11-21(14-16)18(22)20(4)13-15-6-8-17(23-5)9-7-15;1-19(2,3)13-16-11-12-20(14-16)18(21)10-7-15-5-8-17(22-4)9-6-15;2*1-13(2,3)9-11-7-8-15(10-11)12(16)17-14(4,5)6;1-13(2,3)9-11-7-8-14(10-11)17(15,16)12-5-4-6-12;2*1-9(2,3)6-8-4-5-10-7-8/h2*6-9,16H,10-14H2,1-5H3;5-6,8-9,16H,7,10-14H2,1-4H3;2*11H,7-10H2,1-6H3;11-12H,4-10H2,1-3H3;2*8,10H,4-7H2,1-3H3/t2*16-;;2*11-;;2*8-/m10.10.10/s1. The van der Waals surface area contributed by atoms with Gasteiger partial charge in [0.1, 0.15) is 28.5 Å². The number of sulfonamides is 1. The van der Waals surface area contributed by atoms with Gasteiger partial charge in [0, 0.05) is 112 Å². The molecule has 3 aromatic rings. The van der Waals surface area contributed by atoms with Crippen LogP contribution >= 0.6 is 0 Å². The van der Waals surface area contributed by atoms with E-state index in [4.69, 9.17) is 23.7 Å². The molecule has 12 rings (SSSR count). The van der Waals surface area contributed by atoms with Gasteiger partial charge in [0.15, 0.2) is 0 Å². The van der Waals surface area contributed by atoms with Crippen molar-refractivity contribution in [1.82, 2.24) is 49.2 Å². The number of rotatable bonds is 20. The SMILES string of the molecule is CC(C)(C)CC1CCN(S(=O)(=O)C2CCC2)C1.CC(C)(C)C[C@@H]1CCN(C(=O)OC(C)(C)C)C1.CC(C)(C)C[C@@H]1CCNC1.CC(C)(C)C[C@H]1CCN(C(=O)OC(C)(C)C)C1.CC(C)(C)C[C@H]1CCNC1.COc1ccc(CCC(=O)N2CCC(CC(C)(C)C)C2)cc1.COc1ccc(CN(C)C(=O)N2CC[C@@H](CC(C)(C)C)C2)cc1.COc1ccc(CN(C)C(=O)N2CC[C@H](CC(C)(C)C)C2)cc1. The first-order valence-electron chi connectivity index (χ1n) is 53.5. The number of methoxy groups -OCH3 is 3. The van der Waals surface area contributed by atoms with E-state index in [2.05, 4.69) is 182 Å². The van der Waals surface area contributed by atoms with E-state index in [0.29, 0.717) is 104 Å². The van der Waals surface area contributed by atoms with Crippen molar-refractivity contribution in [3.05, 3.63) is 89.5 Å². The third-order valence-corrected chi connectivity index (χ3v) is 29.2. The fourth-order valence-corrected chi connectivity index (χ4v) is 23.3. The van der Waals surface area contributed by atoms with Crippen LogP contribution < -0.4 is 24.8 Å². The Morgan fingerprint density at radius 1 is 0.331 bits per heavy atom. The molecule has 23 heteroatoms. The van der Waals surface area contributed by atoms with Crippen molar-refractivity contribution < 1.29 is 56.1 Å². The number of nitrogens with zero attached hydrogens (tertiary/aromatic N) is 8. The molecule has 0 aromatic heterocycles. The first kappa shape index (κ1) is 123. The molecule has 3 aromatic carbocycles. The van der Waals surface area contributed by atoms with Gasteiger partial charge in [0.05, 0.1) is 26.6 Å². The Balaban J connectivity index is 0.000000284. The maximum atomic E-state index is 12.6. The topological polar surface area (TPSA) is 216 Å². The van der Waals surface area contributed by atoms with Gasteiger partial charge in [-0.05, 0) is 333 Å². The number of urea groups is 2. The Morgan fingerprint density at radius 3 is 0.856 bits per heavy atom. The van der Waals surface area contributed by atoms with Crippen molar-refractivity contribution >= 4 is 40.2 Å². The summed E-state index contributed by atoms with van der Waals surface area (Å²) in [6.07, 6.45) is 23.2. The summed E-state index contributed by atoms with van der Waals surface area (Å²) in [6, 6.07) is 24.0. The maximum absolute atomic E-state index is 12.6. The number of likely N-dealkylation sites (tertiary alicyclic amines) is 5. The molecular weight excluding hydrogens is 1760 g/mol. The summed E-state index contributed by atoms with van der Waals surface area (Å²) in [6.45, 7) is 82.6. The van der Waals surface area contributed by atoms with Crippen LogP contribution in [0.25, 0.3) is 0 Å². The van der Waals surface area contributed by atoms with E-state index in [1.165, 1.54) is 89.5 Å². The molecular formula is C116H206N10O12S. The van der Waals surface area contributed by atoms with Crippen LogP contribution in [0, 0.1) is 90.7 Å². The second kappa shape index (κ2) is 55.1. The summed E-state index contributed by atoms with van der Waals surface area (Å²) in [4.78, 5) is 74.7. The van der Waals surface area contributed by atoms with Crippen LogP contribution in [0.1, 0.15) is 353 Å². The Morgan fingerprint density at radius 2 is 0.590 bits per heavy atom. The molecule has 0 spiro atoms. The van der Waals surface area contributed by atoms with Crippen molar-refractivity contribution in [2.45, 2.75) is 372 Å². The second-order valence-electron chi connectivity index (χ2n) is 54.1. The van der Waals surface area contributed by atoms with Crippen LogP contribution in [0.2, 0.25) is 0 Å². The minimum absolute atomic E-state index is 0.0594.